The third-order valence-corrected chi connectivity index (χ3v) is 2.76. The molecule has 17 heavy (non-hydrogen) atoms. The minimum Gasteiger partial charge on any atom is -0.399 e. The van der Waals surface area contributed by atoms with E-state index in [1.807, 2.05) is 25.1 Å². The first-order chi connectivity index (χ1) is 7.79. The molecule has 0 amide bonds. The molecule has 1 aromatic rings. The van der Waals surface area contributed by atoms with Crippen molar-refractivity contribution in [1.82, 2.24) is 5.32 Å². The standard InChI is InChI=1S/C14H24N2O/c1-10-5-6-11(9-12(10)15)13(17)7-8-16-14(2,3)4/h5-6,9,13,16-17H,7-8,15H2,1-4H3. The first kappa shape index (κ1) is 14.0. The van der Waals surface area contributed by atoms with Gasteiger partial charge >= 0.3 is 0 Å². The van der Waals surface area contributed by atoms with Crippen LogP contribution in [-0.2, 0) is 0 Å². The van der Waals surface area contributed by atoms with Gasteiger partial charge in [0.05, 0.1) is 6.10 Å². The zero-order valence-electron chi connectivity index (χ0n) is 11.2. The SMILES string of the molecule is Cc1ccc(C(O)CCNC(C)(C)C)cc1N. The molecule has 0 fully saturated rings. The molecule has 0 aliphatic heterocycles. The predicted octanol–water partition coefficient (Wildman–Crippen LogP) is 2.39. The average molecular weight is 236 g/mol. The summed E-state index contributed by atoms with van der Waals surface area (Å²) in [6.07, 6.45) is 0.243. The third kappa shape index (κ3) is 4.75. The van der Waals surface area contributed by atoms with Crippen LogP contribution in [0.1, 0.15) is 44.4 Å². The number of aryl methyl sites for hydroxylation is 1. The Balaban J connectivity index is 2.52. The summed E-state index contributed by atoms with van der Waals surface area (Å²) in [5.41, 5.74) is 8.60. The molecular weight excluding hydrogens is 212 g/mol. The van der Waals surface area contributed by atoms with Gasteiger partial charge in [0, 0.05) is 11.2 Å². The Morgan fingerprint density at radius 1 is 1.35 bits per heavy atom. The van der Waals surface area contributed by atoms with E-state index in [0.29, 0.717) is 6.42 Å². The predicted molar refractivity (Wildman–Crippen MR) is 72.9 cm³/mol. The molecule has 1 rings (SSSR count). The van der Waals surface area contributed by atoms with Gasteiger partial charge in [-0.1, -0.05) is 12.1 Å². The second-order valence-electron chi connectivity index (χ2n) is 5.60. The molecule has 3 nitrogen and oxygen atoms in total. The molecule has 0 heterocycles. The van der Waals surface area contributed by atoms with Gasteiger partial charge in [-0.25, -0.2) is 0 Å². The first-order valence-corrected chi connectivity index (χ1v) is 6.09. The number of anilines is 1. The maximum atomic E-state index is 10.0. The van der Waals surface area contributed by atoms with Crippen molar-refractivity contribution in [2.75, 3.05) is 12.3 Å². The summed E-state index contributed by atoms with van der Waals surface area (Å²) in [6.45, 7) is 9.10. The van der Waals surface area contributed by atoms with Crippen LogP contribution in [0.15, 0.2) is 18.2 Å². The Labute approximate surface area is 104 Å². The lowest BCUT2D eigenvalue weighted by molar-refractivity contribution is 0.163. The molecule has 0 aliphatic rings. The summed E-state index contributed by atoms with van der Waals surface area (Å²) in [4.78, 5) is 0. The topological polar surface area (TPSA) is 58.3 Å². The van der Waals surface area contributed by atoms with Gasteiger partial charge in [-0.3, -0.25) is 0 Å². The summed E-state index contributed by atoms with van der Waals surface area (Å²) in [6, 6.07) is 5.75. The molecule has 0 aromatic heterocycles. The highest BCUT2D eigenvalue weighted by molar-refractivity contribution is 5.48. The van der Waals surface area contributed by atoms with Crippen molar-refractivity contribution in [3.8, 4) is 0 Å². The smallest absolute Gasteiger partial charge is 0.0802 e. The Kier molecular flexibility index (Phi) is 4.54. The Hall–Kier alpha value is -1.06. The zero-order chi connectivity index (χ0) is 13.1. The fraction of sp³-hybridized carbons (Fsp3) is 0.571. The van der Waals surface area contributed by atoms with Crippen LogP contribution in [-0.4, -0.2) is 17.2 Å². The molecule has 0 saturated carbocycles. The number of nitrogen functional groups attached to an aromatic ring is 1. The van der Waals surface area contributed by atoms with Crippen LogP contribution >= 0.6 is 0 Å². The molecule has 0 saturated heterocycles. The lowest BCUT2D eigenvalue weighted by Gasteiger charge is -2.21. The summed E-state index contributed by atoms with van der Waals surface area (Å²) in [7, 11) is 0. The number of benzene rings is 1. The van der Waals surface area contributed by atoms with Gasteiger partial charge in [0.1, 0.15) is 0 Å². The molecule has 0 radical (unpaired) electrons. The minimum atomic E-state index is -0.451. The lowest BCUT2D eigenvalue weighted by Crippen LogP contribution is -2.36. The van der Waals surface area contributed by atoms with Gasteiger partial charge in [-0.15, -0.1) is 0 Å². The van der Waals surface area contributed by atoms with E-state index in [-0.39, 0.29) is 5.54 Å². The Morgan fingerprint density at radius 2 is 2.00 bits per heavy atom. The van der Waals surface area contributed by atoms with E-state index in [9.17, 15) is 5.11 Å². The maximum Gasteiger partial charge on any atom is 0.0802 e. The molecule has 4 N–H and O–H groups in total. The monoisotopic (exact) mass is 236 g/mol. The van der Waals surface area contributed by atoms with Crippen molar-refractivity contribution in [3.63, 3.8) is 0 Å². The van der Waals surface area contributed by atoms with Crippen LogP contribution in [0.25, 0.3) is 0 Å². The van der Waals surface area contributed by atoms with Crippen LogP contribution in [0.4, 0.5) is 5.69 Å². The van der Waals surface area contributed by atoms with E-state index >= 15 is 0 Å². The molecule has 0 aliphatic carbocycles. The van der Waals surface area contributed by atoms with Gasteiger partial charge in [-0.2, -0.15) is 0 Å². The summed E-state index contributed by atoms with van der Waals surface area (Å²) in [5, 5.41) is 13.4. The van der Waals surface area contributed by atoms with E-state index in [1.165, 1.54) is 0 Å². The highest BCUT2D eigenvalue weighted by atomic mass is 16.3. The molecule has 3 heteroatoms. The van der Waals surface area contributed by atoms with Crippen molar-refractivity contribution >= 4 is 5.69 Å². The number of nitrogens with one attached hydrogen (secondary N) is 1. The van der Waals surface area contributed by atoms with E-state index in [4.69, 9.17) is 5.73 Å². The number of rotatable bonds is 4. The molecule has 1 aromatic carbocycles. The van der Waals surface area contributed by atoms with Crippen molar-refractivity contribution < 1.29 is 5.11 Å². The lowest BCUT2D eigenvalue weighted by atomic mass is 10.0. The van der Waals surface area contributed by atoms with E-state index in [2.05, 4.69) is 26.1 Å². The maximum absolute atomic E-state index is 10.0. The molecule has 1 atom stereocenters. The highest BCUT2D eigenvalue weighted by Gasteiger charge is 2.12. The van der Waals surface area contributed by atoms with Gasteiger partial charge in [0.25, 0.3) is 0 Å². The minimum absolute atomic E-state index is 0.0893. The number of hydrogen-bond donors (Lipinski definition) is 3. The summed E-state index contributed by atoms with van der Waals surface area (Å²) >= 11 is 0. The molecule has 0 bridgehead atoms. The molecule has 96 valence electrons. The Morgan fingerprint density at radius 3 is 2.53 bits per heavy atom. The van der Waals surface area contributed by atoms with Crippen molar-refractivity contribution in [1.29, 1.82) is 0 Å². The largest absolute Gasteiger partial charge is 0.399 e. The summed E-state index contributed by atoms with van der Waals surface area (Å²) in [5.74, 6) is 0. The van der Waals surface area contributed by atoms with Crippen molar-refractivity contribution in [3.05, 3.63) is 29.3 Å². The van der Waals surface area contributed by atoms with Crippen LogP contribution in [0.2, 0.25) is 0 Å². The molecule has 1 unspecified atom stereocenters. The second kappa shape index (κ2) is 5.52. The average Bonchev–Trinajstić information content (AvgIpc) is 2.20. The number of hydrogen-bond acceptors (Lipinski definition) is 3. The van der Waals surface area contributed by atoms with Crippen LogP contribution in [0, 0.1) is 6.92 Å². The first-order valence-electron chi connectivity index (χ1n) is 6.09. The van der Waals surface area contributed by atoms with Gasteiger partial charge in [0.15, 0.2) is 0 Å². The van der Waals surface area contributed by atoms with Crippen LogP contribution in [0.3, 0.4) is 0 Å². The van der Waals surface area contributed by atoms with Crippen LogP contribution in [0.5, 0.6) is 0 Å². The van der Waals surface area contributed by atoms with E-state index < -0.39 is 6.10 Å². The summed E-state index contributed by atoms with van der Waals surface area (Å²) < 4.78 is 0. The third-order valence-electron chi connectivity index (χ3n) is 2.76. The highest BCUT2D eigenvalue weighted by Crippen LogP contribution is 2.21. The number of aliphatic hydroxyl groups is 1. The van der Waals surface area contributed by atoms with Crippen molar-refractivity contribution in [2.24, 2.45) is 0 Å². The zero-order valence-corrected chi connectivity index (χ0v) is 11.2. The number of aliphatic hydroxyl groups excluding tert-OH is 1. The fourth-order valence-corrected chi connectivity index (χ4v) is 1.62. The Bertz CT molecular complexity index is 369. The van der Waals surface area contributed by atoms with Crippen LogP contribution < -0.4 is 11.1 Å². The normalized spacial score (nSPS) is 13.7. The van der Waals surface area contributed by atoms with Gasteiger partial charge < -0.3 is 16.2 Å². The fourth-order valence-electron chi connectivity index (χ4n) is 1.62. The van der Waals surface area contributed by atoms with E-state index in [1.54, 1.807) is 0 Å². The van der Waals surface area contributed by atoms with E-state index in [0.717, 1.165) is 23.4 Å². The number of nitrogens with two attached hydrogens (primary N) is 1. The van der Waals surface area contributed by atoms with Crippen molar-refractivity contribution in [2.45, 2.75) is 45.8 Å². The quantitative estimate of drug-likeness (QED) is 0.704. The van der Waals surface area contributed by atoms with Gasteiger partial charge in [-0.05, 0) is 57.9 Å². The van der Waals surface area contributed by atoms with Gasteiger partial charge in [0.2, 0.25) is 0 Å². The molecule has 0 spiro atoms. The second-order valence-corrected chi connectivity index (χ2v) is 5.60. The molecular formula is C14H24N2O.